The highest BCUT2D eigenvalue weighted by atomic mass is 16.5. The molecule has 0 aliphatic carbocycles. The Hall–Kier alpha value is -1.84. The molecule has 2 aromatic carbocycles. The molecule has 3 heteroatoms. The molecule has 0 amide bonds. The van der Waals surface area contributed by atoms with Crippen LogP contribution in [0.4, 0.5) is 0 Å². The average Bonchev–Trinajstić information content (AvgIpc) is 2.55. The zero-order chi connectivity index (χ0) is 14.3. The number of para-hydroxylation sites is 1. The van der Waals surface area contributed by atoms with E-state index in [-0.39, 0.29) is 6.23 Å². The van der Waals surface area contributed by atoms with Gasteiger partial charge in [-0.25, -0.2) is 0 Å². The molecule has 1 unspecified atom stereocenters. The van der Waals surface area contributed by atoms with Crippen molar-refractivity contribution in [3.8, 4) is 5.75 Å². The van der Waals surface area contributed by atoms with Gasteiger partial charge in [-0.3, -0.25) is 5.32 Å². The van der Waals surface area contributed by atoms with Crippen LogP contribution in [-0.4, -0.2) is 19.4 Å². The van der Waals surface area contributed by atoms with Crippen molar-refractivity contribution < 1.29 is 9.47 Å². The summed E-state index contributed by atoms with van der Waals surface area (Å²) in [7, 11) is 0. The molecule has 1 heterocycles. The van der Waals surface area contributed by atoms with Crippen LogP contribution in [0.2, 0.25) is 0 Å². The Morgan fingerprint density at radius 3 is 2.71 bits per heavy atom. The van der Waals surface area contributed by atoms with E-state index in [1.807, 2.05) is 30.3 Å². The minimum atomic E-state index is 0.143. The largest absolute Gasteiger partial charge is 0.489 e. The van der Waals surface area contributed by atoms with Crippen molar-refractivity contribution in [2.75, 3.05) is 13.2 Å². The zero-order valence-corrected chi connectivity index (χ0v) is 12.1. The number of hydrogen-bond donors (Lipinski definition) is 1. The van der Waals surface area contributed by atoms with Crippen LogP contribution in [0, 0.1) is 0 Å². The molecule has 1 saturated heterocycles. The van der Waals surface area contributed by atoms with E-state index in [2.05, 4.69) is 29.6 Å². The highest BCUT2D eigenvalue weighted by Crippen LogP contribution is 2.14. The molecule has 1 aliphatic heterocycles. The van der Waals surface area contributed by atoms with Gasteiger partial charge in [-0.2, -0.15) is 0 Å². The summed E-state index contributed by atoms with van der Waals surface area (Å²) in [5.41, 5.74) is 2.47. The van der Waals surface area contributed by atoms with Gasteiger partial charge < -0.3 is 9.47 Å². The Labute approximate surface area is 125 Å². The molecular weight excluding hydrogens is 262 g/mol. The van der Waals surface area contributed by atoms with Gasteiger partial charge >= 0.3 is 0 Å². The minimum Gasteiger partial charge on any atom is -0.489 e. The quantitative estimate of drug-likeness (QED) is 0.914. The second-order valence-corrected chi connectivity index (χ2v) is 5.29. The van der Waals surface area contributed by atoms with Crippen molar-refractivity contribution in [1.29, 1.82) is 0 Å². The molecule has 21 heavy (non-hydrogen) atoms. The van der Waals surface area contributed by atoms with E-state index in [1.165, 1.54) is 11.1 Å². The van der Waals surface area contributed by atoms with Crippen molar-refractivity contribution in [2.45, 2.75) is 25.7 Å². The van der Waals surface area contributed by atoms with Crippen LogP contribution in [0.15, 0.2) is 54.6 Å². The third-order valence-electron chi connectivity index (χ3n) is 3.57. The Balaban J connectivity index is 1.57. The number of benzene rings is 2. The van der Waals surface area contributed by atoms with E-state index in [9.17, 15) is 0 Å². The molecule has 0 spiro atoms. The van der Waals surface area contributed by atoms with Gasteiger partial charge in [-0.1, -0.05) is 42.5 Å². The van der Waals surface area contributed by atoms with E-state index in [0.717, 1.165) is 31.7 Å². The summed E-state index contributed by atoms with van der Waals surface area (Å²) in [6.07, 6.45) is 2.14. The van der Waals surface area contributed by atoms with Gasteiger partial charge in [0, 0.05) is 13.0 Å². The lowest BCUT2D eigenvalue weighted by atomic mass is 10.1. The fraction of sp³-hybridized carbons (Fsp3) is 0.333. The van der Waals surface area contributed by atoms with Gasteiger partial charge in [0.1, 0.15) is 18.6 Å². The molecule has 0 bridgehead atoms. The standard InChI is InChI=1S/C18H21NO2/c1-2-8-17(9-3-1)21-14-16-7-4-6-15(12-16)13-18-19-10-5-11-20-18/h1-4,6-9,12,18-19H,5,10-11,13-14H2. The lowest BCUT2D eigenvalue weighted by molar-refractivity contribution is 0.00193. The molecule has 0 radical (unpaired) electrons. The molecule has 1 fully saturated rings. The summed E-state index contributed by atoms with van der Waals surface area (Å²) in [4.78, 5) is 0. The Kier molecular flexibility index (Phi) is 4.87. The second-order valence-electron chi connectivity index (χ2n) is 5.29. The first-order chi connectivity index (χ1) is 10.4. The maximum atomic E-state index is 5.79. The van der Waals surface area contributed by atoms with Gasteiger partial charge in [0.2, 0.25) is 0 Å². The fourth-order valence-electron chi connectivity index (χ4n) is 2.49. The highest BCUT2D eigenvalue weighted by molar-refractivity contribution is 5.25. The van der Waals surface area contributed by atoms with E-state index in [0.29, 0.717) is 6.61 Å². The Bertz CT molecular complexity index is 550. The topological polar surface area (TPSA) is 30.5 Å². The monoisotopic (exact) mass is 283 g/mol. The van der Waals surface area contributed by atoms with Gasteiger partial charge in [0.15, 0.2) is 0 Å². The molecule has 1 aliphatic rings. The Morgan fingerprint density at radius 2 is 1.90 bits per heavy atom. The molecule has 0 aromatic heterocycles. The maximum absolute atomic E-state index is 5.79. The van der Waals surface area contributed by atoms with Gasteiger partial charge in [0.05, 0.1) is 0 Å². The molecular formula is C18H21NO2. The molecule has 110 valence electrons. The van der Waals surface area contributed by atoms with Crippen LogP contribution in [0.25, 0.3) is 0 Å². The molecule has 1 N–H and O–H groups in total. The van der Waals surface area contributed by atoms with Crippen molar-refractivity contribution >= 4 is 0 Å². The molecule has 1 atom stereocenters. The lowest BCUT2D eigenvalue weighted by Gasteiger charge is -2.24. The third-order valence-corrected chi connectivity index (χ3v) is 3.57. The van der Waals surface area contributed by atoms with Gasteiger partial charge in [0.25, 0.3) is 0 Å². The summed E-state index contributed by atoms with van der Waals surface area (Å²) >= 11 is 0. The lowest BCUT2D eigenvalue weighted by Crippen LogP contribution is -2.39. The normalized spacial score (nSPS) is 18.4. The Morgan fingerprint density at radius 1 is 1.05 bits per heavy atom. The first kappa shape index (κ1) is 14.1. The summed E-state index contributed by atoms with van der Waals surface area (Å²) < 4.78 is 11.5. The first-order valence-electron chi connectivity index (χ1n) is 7.51. The number of hydrogen-bond acceptors (Lipinski definition) is 3. The van der Waals surface area contributed by atoms with E-state index in [4.69, 9.17) is 9.47 Å². The van der Waals surface area contributed by atoms with E-state index < -0.39 is 0 Å². The SMILES string of the molecule is c1ccc(OCc2cccc(CC3NCCCO3)c2)cc1. The summed E-state index contributed by atoms with van der Waals surface area (Å²) in [6, 6.07) is 18.4. The van der Waals surface area contributed by atoms with Crippen LogP contribution < -0.4 is 10.1 Å². The van der Waals surface area contributed by atoms with Crippen LogP contribution in [0.5, 0.6) is 5.75 Å². The summed E-state index contributed by atoms with van der Waals surface area (Å²) in [5, 5.41) is 3.39. The summed E-state index contributed by atoms with van der Waals surface area (Å²) in [5.74, 6) is 0.903. The van der Waals surface area contributed by atoms with Crippen molar-refractivity contribution in [3.05, 3.63) is 65.7 Å². The predicted octanol–water partition coefficient (Wildman–Crippen LogP) is 3.14. The first-order valence-corrected chi connectivity index (χ1v) is 7.51. The number of ether oxygens (including phenoxy) is 2. The maximum Gasteiger partial charge on any atom is 0.119 e. The van der Waals surface area contributed by atoms with E-state index in [1.54, 1.807) is 0 Å². The van der Waals surface area contributed by atoms with Crippen LogP contribution >= 0.6 is 0 Å². The number of nitrogens with one attached hydrogen (secondary N) is 1. The third kappa shape index (κ3) is 4.31. The summed E-state index contributed by atoms with van der Waals surface area (Å²) in [6.45, 7) is 2.49. The second kappa shape index (κ2) is 7.25. The zero-order valence-electron chi connectivity index (χ0n) is 12.1. The van der Waals surface area contributed by atoms with E-state index >= 15 is 0 Å². The van der Waals surface area contributed by atoms with Crippen molar-refractivity contribution in [2.24, 2.45) is 0 Å². The minimum absolute atomic E-state index is 0.143. The molecule has 3 nitrogen and oxygen atoms in total. The smallest absolute Gasteiger partial charge is 0.119 e. The van der Waals surface area contributed by atoms with Gasteiger partial charge in [-0.05, 0) is 36.2 Å². The van der Waals surface area contributed by atoms with Crippen LogP contribution in [-0.2, 0) is 17.8 Å². The highest BCUT2D eigenvalue weighted by Gasteiger charge is 2.13. The number of rotatable bonds is 5. The van der Waals surface area contributed by atoms with Crippen molar-refractivity contribution in [3.63, 3.8) is 0 Å². The average molecular weight is 283 g/mol. The van der Waals surface area contributed by atoms with Crippen LogP contribution in [0.3, 0.4) is 0 Å². The molecule has 3 rings (SSSR count). The molecule has 0 saturated carbocycles. The predicted molar refractivity (Wildman–Crippen MR) is 83.3 cm³/mol. The molecule has 2 aromatic rings. The van der Waals surface area contributed by atoms with Crippen molar-refractivity contribution in [1.82, 2.24) is 5.32 Å². The fourth-order valence-corrected chi connectivity index (χ4v) is 2.49. The van der Waals surface area contributed by atoms with Crippen LogP contribution in [0.1, 0.15) is 17.5 Å². The van der Waals surface area contributed by atoms with Gasteiger partial charge in [-0.15, -0.1) is 0 Å².